The van der Waals surface area contributed by atoms with Crippen molar-refractivity contribution in [2.24, 2.45) is 0 Å². The number of nitrogens with zero attached hydrogens (tertiary/aromatic N) is 2. The summed E-state index contributed by atoms with van der Waals surface area (Å²) in [6, 6.07) is 14.7. The second-order valence-electron chi connectivity index (χ2n) is 8.63. The van der Waals surface area contributed by atoms with Gasteiger partial charge in [-0.2, -0.15) is 26.3 Å². The minimum Gasteiger partial charge on any atom is -0.475 e. The van der Waals surface area contributed by atoms with Crippen LogP contribution < -0.4 is 0 Å². The van der Waals surface area contributed by atoms with Crippen LogP contribution in [0.25, 0.3) is 0 Å². The van der Waals surface area contributed by atoms with Crippen molar-refractivity contribution in [1.29, 1.82) is 0 Å². The molecule has 2 aliphatic heterocycles. The van der Waals surface area contributed by atoms with E-state index in [-0.39, 0.29) is 0 Å². The standard InChI is InChI=1S/C20H24N2OS.2C2HF3O2/c1-16-6-2-3-7-17(16)11-22-14-20(15-22)10-19(13-24-20)23-12-18-8-4-5-9-21-18;2*3-2(4,5)1(6)7/h2-9,19H,10-15H2,1H3;2*(H,6,7). The second kappa shape index (κ2) is 13.3. The molecule has 0 aliphatic carbocycles. The van der Waals surface area contributed by atoms with Gasteiger partial charge in [-0.05, 0) is 36.6 Å². The van der Waals surface area contributed by atoms with Crippen LogP contribution in [0, 0.1) is 6.92 Å². The zero-order valence-corrected chi connectivity index (χ0v) is 20.9. The molecule has 1 atom stereocenters. The molecule has 3 heterocycles. The summed E-state index contributed by atoms with van der Waals surface area (Å²) in [6.07, 6.45) is -6.79. The molecule has 2 aromatic rings. The summed E-state index contributed by atoms with van der Waals surface area (Å²) in [5.41, 5.74) is 3.88. The van der Waals surface area contributed by atoms with Gasteiger partial charge in [0, 0.05) is 36.3 Å². The van der Waals surface area contributed by atoms with Crippen LogP contribution in [0.2, 0.25) is 0 Å². The topological polar surface area (TPSA) is 100.0 Å². The molecule has 1 aromatic heterocycles. The predicted octanol–water partition coefficient (Wildman–Crippen LogP) is 4.93. The largest absolute Gasteiger partial charge is 0.490 e. The van der Waals surface area contributed by atoms with E-state index >= 15 is 0 Å². The molecule has 1 aromatic carbocycles. The number of carbonyl (C=O) groups is 2. The van der Waals surface area contributed by atoms with Crippen LogP contribution in [0.4, 0.5) is 26.3 Å². The van der Waals surface area contributed by atoms with Gasteiger partial charge in [0.25, 0.3) is 0 Å². The number of benzene rings is 1. The van der Waals surface area contributed by atoms with Gasteiger partial charge in [0.2, 0.25) is 0 Å². The fourth-order valence-electron chi connectivity index (χ4n) is 3.73. The SMILES string of the molecule is Cc1ccccc1CN1CC2(CC(OCc3ccccn3)CS2)C1.O=C(O)C(F)(F)F.O=C(O)C(F)(F)F. The van der Waals surface area contributed by atoms with E-state index in [1.807, 2.05) is 24.4 Å². The minimum atomic E-state index is -5.08. The third kappa shape index (κ3) is 10.1. The van der Waals surface area contributed by atoms with Gasteiger partial charge in [0.05, 0.1) is 18.4 Å². The Labute approximate surface area is 218 Å². The molecular weight excluding hydrogens is 542 g/mol. The zero-order valence-electron chi connectivity index (χ0n) is 20.1. The molecule has 2 saturated heterocycles. The van der Waals surface area contributed by atoms with Gasteiger partial charge < -0.3 is 14.9 Å². The Balaban J connectivity index is 0.000000301. The van der Waals surface area contributed by atoms with E-state index in [0.29, 0.717) is 17.5 Å². The lowest BCUT2D eigenvalue weighted by Crippen LogP contribution is -2.58. The van der Waals surface area contributed by atoms with Gasteiger partial charge in [0.1, 0.15) is 0 Å². The number of aliphatic carboxylic acids is 2. The molecule has 0 radical (unpaired) electrons. The molecule has 7 nitrogen and oxygen atoms in total. The molecule has 0 bridgehead atoms. The average molecular weight is 569 g/mol. The highest BCUT2D eigenvalue weighted by Crippen LogP contribution is 2.46. The summed E-state index contributed by atoms with van der Waals surface area (Å²) < 4.78 is 70.0. The van der Waals surface area contributed by atoms with Crippen LogP contribution in [0.15, 0.2) is 48.7 Å². The quantitative estimate of drug-likeness (QED) is 0.490. The van der Waals surface area contributed by atoms with Gasteiger partial charge in [-0.15, -0.1) is 11.8 Å². The van der Waals surface area contributed by atoms with E-state index < -0.39 is 24.3 Å². The molecule has 0 amide bonds. The van der Waals surface area contributed by atoms with Gasteiger partial charge in [-0.3, -0.25) is 9.88 Å². The smallest absolute Gasteiger partial charge is 0.475 e. The summed E-state index contributed by atoms with van der Waals surface area (Å²) in [5, 5.41) is 14.2. The molecule has 1 spiro atoms. The van der Waals surface area contributed by atoms with E-state index in [2.05, 4.69) is 52.8 Å². The fraction of sp³-hybridized carbons (Fsp3) is 0.458. The van der Waals surface area contributed by atoms with Crippen molar-refractivity contribution in [2.45, 2.75) is 49.7 Å². The average Bonchev–Trinajstić information content (AvgIpc) is 3.24. The molecule has 4 rings (SSSR count). The number of thioether (sulfide) groups is 1. The fourth-order valence-corrected chi connectivity index (χ4v) is 5.33. The summed E-state index contributed by atoms with van der Waals surface area (Å²) in [6.45, 7) is 6.30. The number of carboxylic acid groups (broad SMARTS) is 2. The first-order valence-electron chi connectivity index (χ1n) is 11.1. The first-order chi connectivity index (χ1) is 17.6. The van der Waals surface area contributed by atoms with Crippen molar-refractivity contribution < 1.29 is 50.9 Å². The Morgan fingerprint density at radius 1 is 1.03 bits per heavy atom. The van der Waals surface area contributed by atoms with Gasteiger partial charge in [-0.25, -0.2) is 9.59 Å². The Morgan fingerprint density at radius 3 is 2.08 bits per heavy atom. The summed E-state index contributed by atoms with van der Waals surface area (Å²) >= 11 is 2.11. The lowest BCUT2D eigenvalue weighted by molar-refractivity contribution is -0.193. The van der Waals surface area contributed by atoms with E-state index in [1.165, 1.54) is 30.6 Å². The molecule has 1 unspecified atom stereocenters. The lowest BCUT2D eigenvalue weighted by atomic mass is 9.92. The Hall–Kier alpha value is -2.84. The van der Waals surface area contributed by atoms with Gasteiger partial charge in [-0.1, -0.05) is 30.3 Å². The molecule has 2 N–H and O–H groups in total. The first kappa shape index (κ1) is 31.4. The van der Waals surface area contributed by atoms with Gasteiger partial charge >= 0.3 is 24.3 Å². The minimum absolute atomic E-state index is 0.373. The second-order valence-corrected chi connectivity index (χ2v) is 10.1. The summed E-state index contributed by atoms with van der Waals surface area (Å²) in [7, 11) is 0. The Morgan fingerprint density at radius 2 is 1.58 bits per heavy atom. The highest BCUT2D eigenvalue weighted by molar-refractivity contribution is 8.01. The third-order valence-electron chi connectivity index (χ3n) is 5.53. The number of carboxylic acids is 2. The normalized spacial score (nSPS) is 18.4. The number of likely N-dealkylation sites (tertiary alicyclic amines) is 1. The number of halogens is 6. The predicted molar refractivity (Wildman–Crippen MR) is 126 cm³/mol. The molecule has 14 heteroatoms. The molecular formula is C24H26F6N2O5S. The van der Waals surface area contributed by atoms with E-state index in [1.54, 1.807) is 0 Å². The maximum Gasteiger partial charge on any atom is 0.490 e. The molecule has 2 aliphatic rings. The third-order valence-corrected chi connectivity index (χ3v) is 7.11. The molecule has 0 saturated carbocycles. The molecule has 2 fully saturated rings. The number of hydrogen-bond acceptors (Lipinski definition) is 6. The number of rotatable bonds is 5. The number of aromatic nitrogens is 1. The van der Waals surface area contributed by atoms with Gasteiger partial charge in [0.15, 0.2) is 0 Å². The van der Waals surface area contributed by atoms with Crippen molar-refractivity contribution in [3.05, 3.63) is 65.5 Å². The van der Waals surface area contributed by atoms with Crippen molar-refractivity contribution in [3.63, 3.8) is 0 Å². The zero-order chi connectivity index (χ0) is 28.6. The first-order valence-corrected chi connectivity index (χ1v) is 12.1. The van der Waals surface area contributed by atoms with Crippen molar-refractivity contribution in [2.75, 3.05) is 18.8 Å². The number of ether oxygens (including phenoxy) is 1. The molecule has 210 valence electrons. The number of alkyl halides is 6. The van der Waals surface area contributed by atoms with Crippen LogP contribution in [0.1, 0.15) is 23.2 Å². The van der Waals surface area contributed by atoms with E-state index in [0.717, 1.165) is 18.0 Å². The molecule has 38 heavy (non-hydrogen) atoms. The summed E-state index contributed by atoms with van der Waals surface area (Å²) in [5.74, 6) is -4.40. The monoisotopic (exact) mass is 568 g/mol. The maximum atomic E-state index is 10.6. The number of pyridine rings is 1. The van der Waals surface area contributed by atoms with Crippen LogP contribution in [-0.2, 0) is 27.5 Å². The van der Waals surface area contributed by atoms with Crippen LogP contribution in [0.5, 0.6) is 0 Å². The van der Waals surface area contributed by atoms with Crippen molar-refractivity contribution in [3.8, 4) is 0 Å². The Kier molecular flexibility index (Phi) is 11.0. The van der Waals surface area contributed by atoms with Crippen LogP contribution >= 0.6 is 11.8 Å². The lowest BCUT2D eigenvalue weighted by Gasteiger charge is -2.47. The Bertz CT molecular complexity index is 1040. The highest BCUT2D eigenvalue weighted by atomic mass is 32.2. The number of hydrogen-bond donors (Lipinski definition) is 2. The van der Waals surface area contributed by atoms with Crippen molar-refractivity contribution in [1.82, 2.24) is 9.88 Å². The number of aryl methyl sites for hydroxylation is 1. The van der Waals surface area contributed by atoms with Crippen LogP contribution in [0.3, 0.4) is 0 Å². The highest BCUT2D eigenvalue weighted by Gasteiger charge is 2.49. The summed E-state index contributed by atoms with van der Waals surface area (Å²) in [4.78, 5) is 24.7. The maximum absolute atomic E-state index is 10.6. The van der Waals surface area contributed by atoms with E-state index in [4.69, 9.17) is 24.5 Å². The van der Waals surface area contributed by atoms with E-state index in [9.17, 15) is 26.3 Å². The van der Waals surface area contributed by atoms with Crippen molar-refractivity contribution >= 4 is 23.7 Å². The van der Waals surface area contributed by atoms with Crippen LogP contribution in [-0.4, -0.2) is 74.1 Å².